The molecule has 0 radical (unpaired) electrons. The minimum Gasteiger partial charge on any atom is -0.378 e. The summed E-state index contributed by atoms with van der Waals surface area (Å²) in [6, 6.07) is 15.0. The van der Waals surface area contributed by atoms with Crippen molar-refractivity contribution in [2.75, 3.05) is 37.5 Å². The van der Waals surface area contributed by atoms with Gasteiger partial charge in [-0.25, -0.2) is 9.97 Å². The van der Waals surface area contributed by atoms with Crippen molar-refractivity contribution >= 4 is 39.6 Å². The SMILES string of the molecule is CSc1nc(N2CCOCC2)nc2ncn(Cc3ccc4ccccc4c3)c12. The first-order chi connectivity index (χ1) is 13.8. The Bertz CT molecular complexity index is 1140. The van der Waals surface area contributed by atoms with Gasteiger partial charge in [0.2, 0.25) is 5.95 Å². The summed E-state index contributed by atoms with van der Waals surface area (Å²) < 4.78 is 7.59. The second kappa shape index (κ2) is 7.41. The van der Waals surface area contributed by atoms with Gasteiger partial charge in [-0.1, -0.05) is 36.4 Å². The lowest BCUT2D eigenvalue weighted by atomic mass is 10.1. The van der Waals surface area contributed by atoms with E-state index in [1.54, 1.807) is 11.8 Å². The minimum atomic E-state index is 0.715. The maximum absolute atomic E-state index is 5.44. The molecular weight excluding hydrogens is 370 g/mol. The molecule has 1 fully saturated rings. The second-order valence-corrected chi connectivity index (χ2v) is 7.65. The van der Waals surface area contributed by atoms with E-state index in [1.807, 2.05) is 6.33 Å². The van der Waals surface area contributed by atoms with E-state index in [-0.39, 0.29) is 0 Å². The summed E-state index contributed by atoms with van der Waals surface area (Å²) >= 11 is 1.64. The number of nitrogens with zero attached hydrogens (tertiary/aromatic N) is 5. The Morgan fingerprint density at radius 3 is 2.68 bits per heavy atom. The third-order valence-electron chi connectivity index (χ3n) is 5.08. The first-order valence-corrected chi connectivity index (χ1v) is 10.6. The Morgan fingerprint density at radius 2 is 1.86 bits per heavy atom. The van der Waals surface area contributed by atoms with Crippen LogP contribution in [0.25, 0.3) is 21.9 Å². The fourth-order valence-corrected chi connectivity index (χ4v) is 4.21. The summed E-state index contributed by atoms with van der Waals surface area (Å²) in [4.78, 5) is 16.3. The van der Waals surface area contributed by atoms with Gasteiger partial charge in [0.25, 0.3) is 0 Å². The lowest BCUT2D eigenvalue weighted by Crippen LogP contribution is -2.37. The summed E-state index contributed by atoms with van der Waals surface area (Å²) in [6.07, 6.45) is 3.93. The summed E-state index contributed by atoms with van der Waals surface area (Å²) in [5.41, 5.74) is 2.99. The summed E-state index contributed by atoms with van der Waals surface area (Å²) in [6.45, 7) is 3.81. The average Bonchev–Trinajstić information content (AvgIpc) is 3.16. The second-order valence-electron chi connectivity index (χ2n) is 6.86. The summed E-state index contributed by atoms with van der Waals surface area (Å²) in [7, 11) is 0. The average molecular weight is 392 g/mol. The molecule has 28 heavy (non-hydrogen) atoms. The van der Waals surface area contributed by atoms with E-state index in [9.17, 15) is 0 Å². The van der Waals surface area contributed by atoms with Crippen molar-refractivity contribution in [1.29, 1.82) is 0 Å². The van der Waals surface area contributed by atoms with E-state index in [4.69, 9.17) is 14.7 Å². The number of imidazole rings is 1. The highest BCUT2D eigenvalue weighted by Gasteiger charge is 2.19. The smallest absolute Gasteiger partial charge is 0.228 e. The Hall–Kier alpha value is -2.64. The van der Waals surface area contributed by atoms with E-state index in [2.05, 4.69) is 63.2 Å². The fourth-order valence-electron chi connectivity index (χ4n) is 3.64. The van der Waals surface area contributed by atoms with Crippen LogP contribution < -0.4 is 4.90 Å². The third kappa shape index (κ3) is 3.21. The number of aromatic nitrogens is 4. The van der Waals surface area contributed by atoms with E-state index in [0.717, 1.165) is 41.8 Å². The maximum Gasteiger partial charge on any atom is 0.228 e. The zero-order valence-corrected chi connectivity index (χ0v) is 16.5. The number of fused-ring (bicyclic) bond motifs is 2. The van der Waals surface area contributed by atoms with Crippen LogP contribution in [0.3, 0.4) is 0 Å². The van der Waals surface area contributed by atoms with E-state index in [0.29, 0.717) is 13.2 Å². The molecule has 1 aliphatic rings. The van der Waals surface area contributed by atoms with Crippen molar-refractivity contribution in [2.24, 2.45) is 0 Å². The monoisotopic (exact) mass is 391 g/mol. The van der Waals surface area contributed by atoms with Crippen molar-refractivity contribution in [1.82, 2.24) is 19.5 Å². The molecule has 6 nitrogen and oxygen atoms in total. The molecule has 0 aliphatic carbocycles. The van der Waals surface area contributed by atoms with Crippen LogP contribution in [0.5, 0.6) is 0 Å². The van der Waals surface area contributed by atoms with Gasteiger partial charge < -0.3 is 14.2 Å². The third-order valence-corrected chi connectivity index (χ3v) is 5.75. The van der Waals surface area contributed by atoms with Crippen LogP contribution in [-0.4, -0.2) is 52.1 Å². The number of rotatable bonds is 4. The molecule has 1 aliphatic heterocycles. The Kier molecular flexibility index (Phi) is 4.62. The van der Waals surface area contributed by atoms with Crippen LogP contribution in [0, 0.1) is 0 Å². The van der Waals surface area contributed by atoms with Crippen LogP contribution in [0.4, 0.5) is 5.95 Å². The molecule has 0 saturated carbocycles. The number of ether oxygens (including phenoxy) is 1. The Labute approximate surface area is 167 Å². The van der Waals surface area contributed by atoms with Crippen LogP contribution in [0.15, 0.2) is 53.8 Å². The number of hydrogen-bond donors (Lipinski definition) is 0. The molecule has 0 unspecified atom stereocenters. The van der Waals surface area contributed by atoms with E-state index in [1.165, 1.54) is 16.3 Å². The molecule has 2 aromatic carbocycles. The maximum atomic E-state index is 5.44. The van der Waals surface area contributed by atoms with E-state index >= 15 is 0 Å². The van der Waals surface area contributed by atoms with Gasteiger partial charge in [0, 0.05) is 19.6 Å². The standard InChI is InChI=1S/C21H21N5OS/c1-28-20-18-19(23-21(24-20)25-8-10-27-11-9-25)22-14-26(18)13-15-6-7-16-4-2-3-5-17(16)12-15/h2-7,12,14H,8-11,13H2,1H3. The molecule has 0 spiro atoms. The zero-order chi connectivity index (χ0) is 18.9. The zero-order valence-electron chi connectivity index (χ0n) is 15.7. The summed E-state index contributed by atoms with van der Waals surface area (Å²) in [5.74, 6) is 0.746. The largest absolute Gasteiger partial charge is 0.378 e. The number of benzene rings is 2. The van der Waals surface area contributed by atoms with Gasteiger partial charge in [-0.3, -0.25) is 0 Å². The van der Waals surface area contributed by atoms with Crippen LogP contribution in [0.2, 0.25) is 0 Å². The predicted molar refractivity (Wildman–Crippen MR) is 113 cm³/mol. The Balaban J connectivity index is 1.52. The molecule has 3 heterocycles. The van der Waals surface area contributed by atoms with Gasteiger partial charge in [-0.2, -0.15) is 4.98 Å². The van der Waals surface area contributed by atoms with Crippen LogP contribution in [-0.2, 0) is 11.3 Å². The number of anilines is 1. The van der Waals surface area contributed by atoms with Crippen molar-refractivity contribution in [3.63, 3.8) is 0 Å². The number of morpholine rings is 1. The molecule has 0 N–H and O–H groups in total. The molecule has 4 aromatic rings. The summed E-state index contributed by atoms with van der Waals surface area (Å²) in [5, 5.41) is 3.47. The highest BCUT2D eigenvalue weighted by molar-refractivity contribution is 7.98. The van der Waals surface area contributed by atoms with Crippen LogP contribution in [0.1, 0.15) is 5.56 Å². The molecule has 0 atom stereocenters. The quantitative estimate of drug-likeness (QED) is 0.391. The van der Waals surface area contributed by atoms with Gasteiger partial charge in [-0.15, -0.1) is 11.8 Å². The fraction of sp³-hybridized carbons (Fsp3) is 0.286. The van der Waals surface area contributed by atoms with Gasteiger partial charge in [0.05, 0.1) is 19.5 Å². The van der Waals surface area contributed by atoms with Gasteiger partial charge >= 0.3 is 0 Å². The van der Waals surface area contributed by atoms with Gasteiger partial charge in [-0.05, 0) is 28.7 Å². The number of thioether (sulfide) groups is 1. The molecule has 142 valence electrons. The lowest BCUT2D eigenvalue weighted by Gasteiger charge is -2.26. The molecule has 5 rings (SSSR count). The molecule has 7 heteroatoms. The van der Waals surface area contributed by atoms with Crippen molar-refractivity contribution in [2.45, 2.75) is 11.6 Å². The molecule has 1 saturated heterocycles. The minimum absolute atomic E-state index is 0.715. The first-order valence-electron chi connectivity index (χ1n) is 9.39. The number of hydrogen-bond acceptors (Lipinski definition) is 6. The Morgan fingerprint density at radius 1 is 1.04 bits per heavy atom. The van der Waals surface area contributed by atoms with E-state index < -0.39 is 0 Å². The molecular formula is C21H21N5OS. The highest BCUT2D eigenvalue weighted by atomic mass is 32.2. The normalized spacial score (nSPS) is 14.8. The molecule has 0 bridgehead atoms. The van der Waals surface area contributed by atoms with Gasteiger partial charge in [0.1, 0.15) is 10.5 Å². The first kappa shape index (κ1) is 17.5. The van der Waals surface area contributed by atoms with Crippen molar-refractivity contribution in [3.8, 4) is 0 Å². The molecule has 0 amide bonds. The van der Waals surface area contributed by atoms with Crippen molar-refractivity contribution in [3.05, 3.63) is 54.4 Å². The molecule has 2 aromatic heterocycles. The lowest BCUT2D eigenvalue weighted by molar-refractivity contribution is 0.122. The highest BCUT2D eigenvalue weighted by Crippen LogP contribution is 2.27. The van der Waals surface area contributed by atoms with Gasteiger partial charge in [0.15, 0.2) is 5.65 Å². The van der Waals surface area contributed by atoms with Crippen molar-refractivity contribution < 1.29 is 4.74 Å². The van der Waals surface area contributed by atoms with Crippen LogP contribution >= 0.6 is 11.8 Å². The predicted octanol–water partition coefficient (Wildman–Crippen LogP) is 3.59. The topological polar surface area (TPSA) is 56.1 Å².